The third-order valence-corrected chi connectivity index (χ3v) is 7.33. The standard InChI is InChI=1S/C18H21Cl2N3O5S/c1-2-7-29(27,28)21-11-3-5-22(6-4-11)16(24)10-23-17(25)12-8-14(19)15(20)9-13(12)18(23)26/h8-9,11,21H,2-7,10H2,1H3. The highest BCUT2D eigenvalue weighted by Crippen LogP contribution is 2.31. The molecule has 0 unspecified atom stereocenters. The number of halogens is 2. The molecular formula is C18H21Cl2N3O5S. The molecule has 0 saturated carbocycles. The largest absolute Gasteiger partial charge is 0.341 e. The van der Waals surface area contributed by atoms with Crippen molar-refractivity contribution in [2.45, 2.75) is 32.2 Å². The van der Waals surface area contributed by atoms with E-state index in [1.165, 1.54) is 17.0 Å². The van der Waals surface area contributed by atoms with Crippen molar-refractivity contribution >= 4 is 50.9 Å². The Morgan fingerprint density at radius 1 is 1.10 bits per heavy atom. The lowest BCUT2D eigenvalue weighted by Gasteiger charge is -2.33. The molecule has 0 atom stereocenters. The van der Waals surface area contributed by atoms with Gasteiger partial charge >= 0.3 is 0 Å². The molecule has 158 valence electrons. The maximum atomic E-state index is 12.6. The fraction of sp³-hybridized carbons (Fsp3) is 0.500. The number of imide groups is 1. The van der Waals surface area contributed by atoms with Gasteiger partial charge in [-0.3, -0.25) is 19.3 Å². The van der Waals surface area contributed by atoms with Crippen molar-refractivity contribution in [2.24, 2.45) is 0 Å². The van der Waals surface area contributed by atoms with E-state index in [9.17, 15) is 22.8 Å². The van der Waals surface area contributed by atoms with Crippen LogP contribution in [0.15, 0.2) is 12.1 Å². The molecule has 1 saturated heterocycles. The maximum absolute atomic E-state index is 12.6. The Bertz CT molecular complexity index is 917. The van der Waals surface area contributed by atoms with Gasteiger partial charge in [-0.2, -0.15) is 0 Å². The highest BCUT2D eigenvalue weighted by atomic mass is 35.5. The van der Waals surface area contributed by atoms with E-state index < -0.39 is 21.8 Å². The molecule has 0 aromatic heterocycles. The molecule has 2 aliphatic heterocycles. The summed E-state index contributed by atoms with van der Waals surface area (Å²) in [6.07, 6.45) is 1.48. The van der Waals surface area contributed by atoms with Gasteiger partial charge in [-0.25, -0.2) is 13.1 Å². The van der Waals surface area contributed by atoms with E-state index in [1.54, 1.807) is 6.92 Å². The number of carbonyl (C=O) groups excluding carboxylic acids is 3. The Morgan fingerprint density at radius 3 is 2.10 bits per heavy atom. The monoisotopic (exact) mass is 461 g/mol. The predicted octanol–water partition coefficient (Wildman–Crippen LogP) is 1.91. The van der Waals surface area contributed by atoms with E-state index in [2.05, 4.69) is 4.72 Å². The molecule has 3 amide bonds. The molecule has 29 heavy (non-hydrogen) atoms. The topological polar surface area (TPSA) is 104 Å². The van der Waals surface area contributed by atoms with Crippen LogP contribution < -0.4 is 4.72 Å². The van der Waals surface area contributed by atoms with Crippen molar-refractivity contribution in [3.63, 3.8) is 0 Å². The van der Waals surface area contributed by atoms with Crippen LogP contribution in [0.3, 0.4) is 0 Å². The fourth-order valence-corrected chi connectivity index (χ4v) is 5.22. The number of nitrogens with zero attached hydrogens (tertiary/aromatic N) is 2. The number of benzene rings is 1. The van der Waals surface area contributed by atoms with Crippen molar-refractivity contribution in [3.05, 3.63) is 33.3 Å². The summed E-state index contributed by atoms with van der Waals surface area (Å²) in [5.74, 6) is -1.47. The van der Waals surface area contributed by atoms with Crippen molar-refractivity contribution in [3.8, 4) is 0 Å². The number of nitrogens with one attached hydrogen (secondary N) is 1. The molecule has 0 spiro atoms. The minimum Gasteiger partial charge on any atom is -0.341 e. The zero-order valence-electron chi connectivity index (χ0n) is 15.8. The molecule has 0 bridgehead atoms. The molecule has 1 aromatic rings. The van der Waals surface area contributed by atoms with Gasteiger partial charge in [-0.05, 0) is 31.4 Å². The predicted molar refractivity (Wildman–Crippen MR) is 109 cm³/mol. The van der Waals surface area contributed by atoms with Crippen LogP contribution in [0.2, 0.25) is 10.0 Å². The summed E-state index contributed by atoms with van der Waals surface area (Å²) in [4.78, 5) is 40.1. The lowest BCUT2D eigenvalue weighted by atomic mass is 10.1. The molecule has 0 aliphatic carbocycles. The molecule has 1 aromatic carbocycles. The lowest BCUT2D eigenvalue weighted by molar-refractivity contribution is -0.132. The number of amides is 3. The van der Waals surface area contributed by atoms with E-state index in [0.29, 0.717) is 32.4 Å². The van der Waals surface area contributed by atoms with Crippen molar-refractivity contribution in [2.75, 3.05) is 25.4 Å². The van der Waals surface area contributed by atoms with Gasteiger partial charge in [-0.1, -0.05) is 30.1 Å². The molecule has 8 nitrogen and oxygen atoms in total. The van der Waals surface area contributed by atoms with Crippen LogP contribution in [-0.2, 0) is 14.8 Å². The van der Waals surface area contributed by atoms with Crippen LogP contribution in [0.4, 0.5) is 0 Å². The smallest absolute Gasteiger partial charge is 0.262 e. The van der Waals surface area contributed by atoms with E-state index in [4.69, 9.17) is 23.2 Å². The first-order valence-electron chi connectivity index (χ1n) is 9.26. The van der Waals surface area contributed by atoms with Gasteiger partial charge in [0.25, 0.3) is 11.8 Å². The van der Waals surface area contributed by atoms with Crippen LogP contribution >= 0.6 is 23.2 Å². The molecular weight excluding hydrogens is 441 g/mol. The second kappa shape index (κ2) is 8.59. The summed E-state index contributed by atoms with van der Waals surface area (Å²) in [5, 5.41) is 0.319. The van der Waals surface area contributed by atoms with Gasteiger partial charge in [0.15, 0.2) is 0 Å². The van der Waals surface area contributed by atoms with Gasteiger partial charge in [-0.15, -0.1) is 0 Å². The van der Waals surface area contributed by atoms with Gasteiger partial charge in [0.05, 0.1) is 26.9 Å². The van der Waals surface area contributed by atoms with E-state index >= 15 is 0 Å². The first-order chi connectivity index (χ1) is 13.6. The molecule has 11 heteroatoms. The Hall–Kier alpha value is -1.68. The Kier molecular flexibility index (Phi) is 6.52. The fourth-order valence-electron chi connectivity index (χ4n) is 3.49. The molecule has 2 aliphatic rings. The van der Waals surface area contributed by atoms with Crippen LogP contribution in [0.5, 0.6) is 0 Å². The summed E-state index contributed by atoms with van der Waals surface area (Å²) < 4.78 is 26.4. The first kappa shape index (κ1) is 22.0. The molecule has 3 rings (SSSR count). The van der Waals surface area contributed by atoms with Crippen LogP contribution in [-0.4, -0.2) is 67.4 Å². The quantitative estimate of drug-likeness (QED) is 0.651. The zero-order valence-corrected chi connectivity index (χ0v) is 18.1. The number of hydrogen-bond acceptors (Lipinski definition) is 5. The first-order valence-corrected chi connectivity index (χ1v) is 11.7. The van der Waals surface area contributed by atoms with Crippen molar-refractivity contribution in [1.82, 2.24) is 14.5 Å². The van der Waals surface area contributed by atoms with Crippen molar-refractivity contribution in [1.29, 1.82) is 0 Å². The van der Waals surface area contributed by atoms with Crippen molar-refractivity contribution < 1.29 is 22.8 Å². The van der Waals surface area contributed by atoms with E-state index in [1.807, 2.05) is 0 Å². The average Bonchev–Trinajstić information content (AvgIpc) is 2.87. The number of sulfonamides is 1. The molecule has 2 heterocycles. The average molecular weight is 462 g/mol. The van der Waals surface area contributed by atoms with E-state index in [0.717, 1.165) is 4.90 Å². The van der Waals surface area contributed by atoms with Gasteiger partial charge < -0.3 is 4.90 Å². The second-order valence-electron chi connectivity index (χ2n) is 7.10. The van der Waals surface area contributed by atoms with E-state index in [-0.39, 0.29) is 45.4 Å². The normalized spacial score (nSPS) is 17.8. The minimum atomic E-state index is -3.31. The van der Waals surface area contributed by atoms with Crippen LogP contribution in [0.25, 0.3) is 0 Å². The summed E-state index contributed by atoms with van der Waals surface area (Å²) >= 11 is 11.8. The number of likely N-dealkylation sites (tertiary alicyclic amines) is 1. The number of piperidine rings is 1. The summed E-state index contributed by atoms with van der Waals surface area (Å²) in [6.45, 7) is 2.10. The third-order valence-electron chi connectivity index (χ3n) is 4.97. The molecule has 1 N–H and O–H groups in total. The minimum absolute atomic E-state index is 0.0694. The zero-order chi connectivity index (χ0) is 21.3. The van der Waals surface area contributed by atoms with Gasteiger partial charge in [0, 0.05) is 19.1 Å². The summed E-state index contributed by atoms with van der Waals surface area (Å²) in [5.41, 5.74) is 0.252. The highest BCUT2D eigenvalue weighted by Gasteiger charge is 2.38. The maximum Gasteiger partial charge on any atom is 0.262 e. The number of fused-ring (bicyclic) bond motifs is 1. The Morgan fingerprint density at radius 2 is 1.62 bits per heavy atom. The molecule has 1 fully saturated rings. The summed E-state index contributed by atoms with van der Waals surface area (Å²) in [6, 6.07) is 2.44. The van der Waals surface area contributed by atoms with Crippen LogP contribution in [0.1, 0.15) is 46.9 Å². The second-order valence-corrected chi connectivity index (χ2v) is 9.79. The van der Waals surface area contributed by atoms with Crippen LogP contribution in [0, 0.1) is 0 Å². The third kappa shape index (κ3) is 4.74. The molecule has 0 radical (unpaired) electrons. The summed E-state index contributed by atoms with van der Waals surface area (Å²) in [7, 11) is -3.31. The SMILES string of the molecule is CCCS(=O)(=O)NC1CCN(C(=O)CN2C(=O)c3cc(Cl)c(Cl)cc3C2=O)CC1. The number of carbonyl (C=O) groups is 3. The van der Waals surface area contributed by atoms with Gasteiger partial charge in [0.1, 0.15) is 6.54 Å². The lowest BCUT2D eigenvalue weighted by Crippen LogP contribution is -2.49. The Balaban J connectivity index is 1.59. The Labute approximate surface area is 179 Å². The number of rotatable bonds is 6. The number of hydrogen-bond donors (Lipinski definition) is 1. The highest BCUT2D eigenvalue weighted by molar-refractivity contribution is 7.89. The van der Waals surface area contributed by atoms with Gasteiger partial charge in [0.2, 0.25) is 15.9 Å².